The van der Waals surface area contributed by atoms with E-state index in [-0.39, 0.29) is 5.82 Å². The Morgan fingerprint density at radius 1 is 1.20 bits per heavy atom. The van der Waals surface area contributed by atoms with Crippen LogP contribution < -0.4 is 0 Å². The highest BCUT2D eigenvalue weighted by Crippen LogP contribution is 2.28. The molecule has 0 N–H and O–H groups in total. The van der Waals surface area contributed by atoms with E-state index in [9.17, 15) is 4.39 Å². The summed E-state index contributed by atoms with van der Waals surface area (Å²) in [6.45, 7) is 8.58. The average Bonchev–Trinajstić information content (AvgIpc) is 2.15. The Labute approximate surface area is 92.5 Å². The zero-order chi connectivity index (χ0) is 11.4. The van der Waals surface area contributed by atoms with E-state index < -0.39 is 0 Å². The number of halogens is 1. The van der Waals surface area contributed by atoms with Crippen molar-refractivity contribution in [2.24, 2.45) is 5.92 Å². The first-order valence-corrected chi connectivity index (χ1v) is 5.81. The van der Waals surface area contributed by atoms with Crippen molar-refractivity contribution in [3.63, 3.8) is 0 Å². The molecule has 0 aliphatic rings. The highest BCUT2D eigenvalue weighted by Gasteiger charge is 2.14. The third kappa shape index (κ3) is 3.33. The standard InChI is InChI=1S/C14H21F/c1-5-6-11(3)12(4)13-7-10(2)8-14(15)9-13/h7-9,11-12H,5-6H2,1-4H3/t11-,12+/m0/s1. The second-order valence-corrected chi connectivity index (χ2v) is 4.62. The molecule has 0 spiro atoms. The van der Waals surface area contributed by atoms with Gasteiger partial charge in [0, 0.05) is 0 Å². The Hall–Kier alpha value is -0.850. The van der Waals surface area contributed by atoms with Gasteiger partial charge in [-0.2, -0.15) is 0 Å². The van der Waals surface area contributed by atoms with Crippen LogP contribution in [0.1, 0.15) is 50.7 Å². The van der Waals surface area contributed by atoms with Crippen LogP contribution in [0, 0.1) is 18.7 Å². The van der Waals surface area contributed by atoms with Crippen LogP contribution in [0.3, 0.4) is 0 Å². The smallest absolute Gasteiger partial charge is 0.123 e. The first-order chi connectivity index (χ1) is 7.04. The normalized spacial score (nSPS) is 15.0. The van der Waals surface area contributed by atoms with Crippen molar-refractivity contribution < 1.29 is 4.39 Å². The van der Waals surface area contributed by atoms with Crippen LogP contribution in [0.2, 0.25) is 0 Å². The molecule has 84 valence electrons. The quantitative estimate of drug-likeness (QED) is 0.674. The largest absolute Gasteiger partial charge is 0.207 e. The molecule has 0 amide bonds. The predicted octanol–water partition coefficient (Wildman–Crippen LogP) is 4.67. The lowest BCUT2D eigenvalue weighted by Gasteiger charge is -2.20. The third-order valence-corrected chi connectivity index (χ3v) is 3.19. The second-order valence-electron chi connectivity index (χ2n) is 4.62. The maximum Gasteiger partial charge on any atom is 0.123 e. The molecular weight excluding hydrogens is 187 g/mol. The minimum atomic E-state index is -0.111. The van der Waals surface area contributed by atoms with Crippen LogP contribution in [0.25, 0.3) is 0 Å². The van der Waals surface area contributed by atoms with Crippen molar-refractivity contribution in [3.8, 4) is 0 Å². The van der Waals surface area contributed by atoms with Crippen molar-refractivity contribution in [2.75, 3.05) is 0 Å². The van der Waals surface area contributed by atoms with E-state index in [4.69, 9.17) is 0 Å². The van der Waals surface area contributed by atoms with E-state index in [1.54, 1.807) is 12.1 Å². The summed E-state index contributed by atoms with van der Waals surface area (Å²) in [5.74, 6) is 0.955. The summed E-state index contributed by atoms with van der Waals surface area (Å²) in [4.78, 5) is 0. The topological polar surface area (TPSA) is 0 Å². The van der Waals surface area contributed by atoms with Crippen molar-refractivity contribution in [2.45, 2.75) is 46.5 Å². The zero-order valence-electron chi connectivity index (χ0n) is 10.2. The lowest BCUT2D eigenvalue weighted by molar-refractivity contribution is 0.446. The van der Waals surface area contributed by atoms with Gasteiger partial charge in [0.2, 0.25) is 0 Å². The van der Waals surface area contributed by atoms with Gasteiger partial charge in [-0.15, -0.1) is 0 Å². The molecule has 0 bridgehead atoms. The molecule has 1 aromatic carbocycles. The van der Waals surface area contributed by atoms with Crippen LogP contribution in [0.15, 0.2) is 18.2 Å². The van der Waals surface area contributed by atoms with E-state index in [1.807, 2.05) is 6.92 Å². The minimum Gasteiger partial charge on any atom is -0.207 e. The lowest BCUT2D eigenvalue weighted by atomic mass is 9.85. The molecule has 0 fully saturated rings. The summed E-state index contributed by atoms with van der Waals surface area (Å²) in [6.07, 6.45) is 2.40. The fourth-order valence-corrected chi connectivity index (χ4v) is 2.06. The molecule has 1 aromatic rings. The second kappa shape index (κ2) is 5.29. The average molecular weight is 208 g/mol. The number of rotatable bonds is 4. The molecule has 0 nitrogen and oxygen atoms in total. The van der Waals surface area contributed by atoms with Crippen molar-refractivity contribution in [1.29, 1.82) is 0 Å². The molecule has 1 heteroatoms. The molecule has 0 aliphatic carbocycles. The van der Waals surface area contributed by atoms with Crippen LogP contribution in [-0.2, 0) is 0 Å². The van der Waals surface area contributed by atoms with Crippen molar-refractivity contribution in [3.05, 3.63) is 35.1 Å². The van der Waals surface area contributed by atoms with Crippen molar-refractivity contribution in [1.82, 2.24) is 0 Å². The number of aryl methyl sites for hydroxylation is 1. The Kier molecular flexibility index (Phi) is 4.31. The van der Waals surface area contributed by atoms with Gasteiger partial charge in [0.1, 0.15) is 5.82 Å². The molecule has 0 saturated heterocycles. The molecule has 2 atom stereocenters. The summed E-state index contributed by atoms with van der Waals surface area (Å²) < 4.78 is 13.2. The maximum atomic E-state index is 13.2. The molecule has 0 saturated carbocycles. The highest BCUT2D eigenvalue weighted by molar-refractivity contribution is 5.26. The molecule has 0 unspecified atom stereocenters. The minimum absolute atomic E-state index is 0.111. The van der Waals surface area contributed by atoms with Gasteiger partial charge in [-0.05, 0) is 42.0 Å². The number of benzene rings is 1. The molecule has 1 rings (SSSR count). The monoisotopic (exact) mass is 208 g/mol. The van der Waals surface area contributed by atoms with Gasteiger partial charge in [-0.3, -0.25) is 0 Å². The number of hydrogen-bond donors (Lipinski definition) is 0. The molecular formula is C14H21F. The first kappa shape index (κ1) is 12.2. The molecule has 0 aromatic heterocycles. The number of hydrogen-bond acceptors (Lipinski definition) is 0. The third-order valence-electron chi connectivity index (χ3n) is 3.19. The van der Waals surface area contributed by atoms with Crippen LogP contribution in [-0.4, -0.2) is 0 Å². The molecule has 0 aliphatic heterocycles. The Morgan fingerprint density at radius 2 is 1.87 bits per heavy atom. The maximum absolute atomic E-state index is 13.2. The van der Waals surface area contributed by atoms with Gasteiger partial charge >= 0.3 is 0 Å². The van der Waals surface area contributed by atoms with Gasteiger partial charge < -0.3 is 0 Å². The highest BCUT2D eigenvalue weighted by atomic mass is 19.1. The summed E-state index contributed by atoms with van der Waals surface area (Å²) >= 11 is 0. The molecule has 0 heterocycles. The Balaban J connectivity index is 2.85. The van der Waals surface area contributed by atoms with E-state index in [0.717, 1.165) is 11.1 Å². The van der Waals surface area contributed by atoms with E-state index in [1.165, 1.54) is 12.8 Å². The first-order valence-electron chi connectivity index (χ1n) is 5.81. The van der Waals surface area contributed by atoms with Gasteiger partial charge in [0.15, 0.2) is 0 Å². The fraction of sp³-hybridized carbons (Fsp3) is 0.571. The lowest BCUT2D eigenvalue weighted by Crippen LogP contribution is -2.06. The van der Waals surface area contributed by atoms with E-state index >= 15 is 0 Å². The summed E-state index contributed by atoms with van der Waals surface area (Å²) in [6, 6.07) is 5.35. The van der Waals surface area contributed by atoms with Gasteiger partial charge in [0.05, 0.1) is 0 Å². The van der Waals surface area contributed by atoms with E-state index in [0.29, 0.717) is 11.8 Å². The van der Waals surface area contributed by atoms with Crippen molar-refractivity contribution >= 4 is 0 Å². The Morgan fingerprint density at radius 3 is 2.40 bits per heavy atom. The van der Waals surface area contributed by atoms with Gasteiger partial charge in [0.25, 0.3) is 0 Å². The predicted molar refractivity (Wildman–Crippen MR) is 63.6 cm³/mol. The van der Waals surface area contributed by atoms with Gasteiger partial charge in [-0.1, -0.05) is 39.7 Å². The molecule has 15 heavy (non-hydrogen) atoms. The van der Waals surface area contributed by atoms with Crippen LogP contribution >= 0.6 is 0 Å². The van der Waals surface area contributed by atoms with Crippen LogP contribution in [0.5, 0.6) is 0 Å². The Bertz CT molecular complexity index is 297. The summed E-state index contributed by atoms with van der Waals surface area (Å²) in [7, 11) is 0. The molecule has 0 radical (unpaired) electrons. The van der Waals surface area contributed by atoms with Crippen LogP contribution in [0.4, 0.5) is 4.39 Å². The summed E-state index contributed by atoms with van der Waals surface area (Å²) in [5, 5.41) is 0. The van der Waals surface area contributed by atoms with E-state index in [2.05, 4.69) is 26.8 Å². The zero-order valence-corrected chi connectivity index (χ0v) is 10.2. The fourth-order valence-electron chi connectivity index (χ4n) is 2.06. The van der Waals surface area contributed by atoms with Gasteiger partial charge in [-0.25, -0.2) is 4.39 Å². The SMILES string of the molecule is CCC[C@H](C)[C@@H](C)c1cc(C)cc(F)c1. The summed E-state index contributed by atoms with van der Waals surface area (Å²) in [5.41, 5.74) is 2.15.